The summed E-state index contributed by atoms with van der Waals surface area (Å²) in [6.45, 7) is 11.4. The largest absolute Gasteiger partial charge is 0.484 e. The van der Waals surface area contributed by atoms with Crippen LogP contribution in [-0.4, -0.2) is 35.7 Å². The first-order valence-corrected chi connectivity index (χ1v) is 9.32. The molecule has 26 heavy (non-hydrogen) atoms. The molecule has 2 atom stereocenters. The quantitative estimate of drug-likeness (QED) is 0.754. The molecule has 5 heteroatoms. The molecule has 2 unspecified atom stereocenters. The number of carbonyl (C=O) groups excluding carboxylic acids is 1. The minimum atomic E-state index is -0.657. The van der Waals surface area contributed by atoms with Crippen LogP contribution in [0.4, 0.5) is 0 Å². The second-order valence-electron chi connectivity index (χ2n) is 8.83. The molecular formula is C21H28N2O3. The van der Waals surface area contributed by atoms with Crippen molar-refractivity contribution < 1.29 is 14.3 Å². The molecule has 2 aliphatic heterocycles. The lowest BCUT2D eigenvalue weighted by molar-refractivity contribution is -0.179. The molecular weight excluding hydrogens is 328 g/mol. The Kier molecular flexibility index (Phi) is 4.74. The van der Waals surface area contributed by atoms with Gasteiger partial charge in [0.2, 0.25) is 0 Å². The van der Waals surface area contributed by atoms with Gasteiger partial charge in [-0.25, -0.2) is 0 Å². The first-order valence-electron chi connectivity index (χ1n) is 9.32. The highest BCUT2D eigenvalue weighted by molar-refractivity contribution is 5.75. The molecule has 3 rings (SSSR count). The van der Waals surface area contributed by atoms with E-state index in [0.29, 0.717) is 5.56 Å². The van der Waals surface area contributed by atoms with E-state index in [-0.39, 0.29) is 12.0 Å². The van der Waals surface area contributed by atoms with E-state index < -0.39 is 17.1 Å². The molecule has 0 N–H and O–H groups in total. The van der Waals surface area contributed by atoms with Gasteiger partial charge in [0.15, 0.2) is 6.10 Å². The minimum Gasteiger partial charge on any atom is -0.484 e. The SMILES string of the molecule is CC(C)(C)C(=O)OC1C(N2CCCC2)c2cc(C#N)ccc2OC1(C)C. The van der Waals surface area contributed by atoms with Crippen LogP contribution in [0.5, 0.6) is 5.75 Å². The van der Waals surface area contributed by atoms with Crippen LogP contribution in [-0.2, 0) is 9.53 Å². The van der Waals surface area contributed by atoms with Crippen LogP contribution in [0.15, 0.2) is 18.2 Å². The molecule has 0 saturated carbocycles. The number of carbonyl (C=O) groups is 1. The van der Waals surface area contributed by atoms with Crippen LogP contribution in [0.2, 0.25) is 0 Å². The van der Waals surface area contributed by atoms with Gasteiger partial charge in [0.25, 0.3) is 0 Å². The summed E-state index contributed by atoms with van der Waals surface area (Å²) in [5.41, 5.74) is 0.296. The van der Waals surface area contributed by atoms with Crippen LogP contribution in [0.3, 0.4) is 0 Å². The first kappa shape index (κ1) is 18.7. The topological polar surface area (TPSA) is 62.6 Å². The summed E-state index contributed by atoms with van der Waals surface area (Å²) in [6, 6.07) is 7.62. The van der Waals surface area contributed by atoms with E-state index in [2.05, 4.69) is 11.0 Å². The standard InChI is InChI=1S/C21H28N2O3/c1-20(2,3)19(24)25-18-17(23-10-6-7-11-23)15-12-14(13-22)8-9-16(15)26-21(18,4)5/h8-9,12,17-18H,6-7,10-11H2,1-5H3. The van der Waals surface area contributed by atoms with Crippen molar-refractivity contribution in [3.05, 3.63) is 29.3 Å². The lowest BCUT2D eigenvalue weighted by Crippen LogP contribution is -2.55. The van der Waals surface area contributed by atoms with Gasteiger partial charge in [-0.1, -0.05) is 0 Å². The number of nitriles is 1. The zero-order valence-electron chi connectivity index (χ0n) is 16.3. The molecule has 1 aromatic rings. The zero-order valence-corrected chi connectivity index (χ0v) is 16.3. The molecule has 1 aromatic carbocycles. The highest BCUT2D eigenvalue weighted by atomic mass is 16.6. The lowest BCUT2D eigenvalue weighted by atomic mass is 9.84. The van der Waals surface area contributed by atoms with E-state index in [0.717, 1.165) is 37.2 Å². The smallest absolute Gasteiger partial charge is 0.311 e. The van der Waals surface area contributed by atoms with E-state index in [1.807, 2.05) is 46.8 Å². The molecule has 0 amide bonds. The van der Waals surface area contributed by atoms with Crippen molar-refractivity contribution >= 4 is 5.97 Å². The fourth-order valence-electron chi connectivity index (χ4n) is 3.73. The van der Waals surface area contributed by atoms with Crippen molar-refractivity contribution in [2.75, 3.05) is 13.1 Å². The third-order valence-electron chi connectivity index (χ3n) is 5.18. The maximum Gasteiger partial charge on any atom is 0.311 e. The fraction of sp³-hybridized carbons (Fsp3) is 0.619. The number of hydrogen-bond acceptors (Lipinski definition) is 5. The second kappa shape index (κ2) is 6.59. The fourth-order valence-corrected chi connectivity index (χ4v) is 3.73. The molecule has 2 aliphatic rings. The highest BCUT2D eigenvalue weighted by Crippen LogP contribution is 2.46. The predicted octanol–water partition coefficient (Wildman–Crippen LogP) is 3.82. The maximum absolute atomic E-state index is 12.7. The van der Waals surface area contributed by atoms with Gasteiger partial charge in [-0.15, -0.1) is 0 Å². The summed E-state index contributed by atoms with van der Waals surface area (Å²) in [5, 5.41) is 9.32. The number of esters is 1. The molecule has 0 spiro atoms. The summed E-state index contributed by atoms with van der Waals surface area (Å²) >= 11 is 0. The van der Waals surface area contributed by atoms with Crippen molar-refractivity contribution in [2.24, 2.45) is 5.41 Å². The molecule has 5 nitrogen and oxygen atoms in total. The molecule has 0 aliphatic carbocycles. The third-order valence-corrected chi connectivity index (χ3v) is 5.18. The number of fused-ring (bicyclic) bond motifs is 1. The van der Waals surface area contributed by atoms with Gasteiger partial charge in [0, 0.05) is 5.56 Å². The molecule has 0 radical (unpaired) electrons. The highest BCUT2D eigenvalue weighted by Gasteiger charge is 2.50. The van der Waals surface area contributed by atoms with E-state index in [9.17, 15) is 10.1 Å². The summed E-state index contributed by atoms with van der Waals surface area (Å²) in [4.78, 5) is 15.0. The maximum atomic E-state index is 12.7. The molecule has 2 heterocycles. The summed E-state index contributed by atoms with van der Waals surface area (Å²) in [5.74, 6) is 0.539. The van der Waals surface area contributed by atoms with E-state index in [4.69, 9.17) is 9.47 Å². The molecule has 0 bridgehead atoms. The number of rotatable bonds is 2. The summed E-state index contributed by atoms with van der Waals surface area (Å²) in [7, 11) is 0. The van der Waals surface area contributed by atoms with Crippen molar-refractivity contribution in [1.29, 1.82) is 5.26 Å². The average molecular weight is 356 g/mol. The van der Waals surface area contributed by atoms with Gasteiger partial charge in [-0.05, 0) is 78.7 Å². The van der Waals surface area contributed by atoms with Crippen LogP contribution >= 0.6 is 0 Å². The van der Waals surface area contributed by atoms with Crippen molar-refractivity contribution in [1.82, 2.24) is 4.90 Å². The Morgan fingerprint density at radius 3 is 2.54 bits per heavy atom. The lowest BCUT2D eigenvalue weighted by Gasteiger charge is -2.47. The van der Waals surface area contributed by atoms with Gasteiger partial charge in [0.1, 0.15) is 11.4 Å². The van der Waals surface area contributed by atoms with E-state index in [1.165, 1.54) is 0 Å². The van der Waals surface area contributed by atoms with E-state index in [1.54, 1.807) is 6.07 Å². The molecule has 0 aromatic heterocycles. The summed E-state index contributed by atoms with van der Waals surface area (Å²) in [6.07, 6.45) is 1.82. The Bertz CT molecular complexity index is 737. The summed E-state index contributed by atoms with van der Waals surface area (Å²) < 4.78 is 12.3. The normalized spacial score (nSPS) is 25.1. The Hall–Kier alpha value is -2.06. The van der Waals surface area contributed by atoms with Gasteiger partial charge in [0.05, 0.1) is 23.1 Å². The predicted molar refractivity (Wildman–Crippen MR) is 98.7 cm³/mol. The Morgan fingerprint density at radius 1 is 1.31 bits per heavy atom. The van der Waals surface area contributed by atoms with Gasteiger partial charge in [-0.3, -0.25) is 9.69 Å². The van der Waals surface area contributed by atoms with Crippen LogP contribution < -0.4 is 4.74 Å². The number of likely N-dealkylation sites (tertiary alicyclic amines) is 1. The van der Waals surface area contributed by atoms with Gasteiger partial charge >= 0.3 is 5.97 Å². The van der Waals surface area contributed by atoms with Crippen molar-refractivity contribution in [2.45, 2.75) is 65.2 Å². The van der Waals surface area contributed by atoms with Crippen molar-refractivity contribution in [3.63, 3.8) is 0 Å². The van der Waals surface area contributed by atoms with Gasteiger partial charge in [-0.2, -0.15) is 5.26 Å². The average Bonchev–Trinajstić information content (AvgIpc) is 3.07. The first-order chi connectivity index (χ1) is 12.1. The van der Waals surface area contributed by atoms with Gasteiger partial charge < -0.3 is 9.47 Å². The molecule has 1 saturated heterocycles. The Morgan fingerprint density at radius 2 is 1.96 bits per heavy atom. The third kappa shape index (κ3) is 3.43. The molecule has 1 fully saturated rings. The number of nitrogens with zero attached hydrogens (tertiary/aromatic N) is 2. The van der Waals surface area contributed by atoms with Crippen molar-refractivity contribution in [3.8, 4) is 11.8 Å². The van der Waals surface area contributed by atoms with Crippen LogP contribution in [0.25, 0.3) is 0 Å². The number of hydrogen-bond donors (Lipinski definition) is 0. The Labute approximate surface area is 155 Å². The number of benzene rings is 1. The minimum absolute atomic E-state index is 0.101. The Balaban J connectivity index is 2.07. The monoisotopic (exact) mass is 356 g/mol. The molecule has 140 valence electrons. The second-order valence-corrected chi connectivity index (χ2v) is 8.83. The van der Waals surface area contributed by atoms with Crippen LogP contribution in [0.1, 0.15) is 64.6 Å². The van der Waals surface area contributed by atoms with E-state index >= 15 is 0 Å². The number of ether oxygens (including phenoxy) is 2. The zero-order chi connectivity index (χ0) is 19.1. The van der Waals surface area contributed by atoms with Crippen LogP contribution in [0, 0.1) is 16.7 Å².